The van der Waals surface area contributed by atoms with E-state index in [1.54, 1.807) is 0 Å². The van der Waals surface area contributed by atoms with Crippen molar-refractivity contribution in [3.8, 4) is 0 Å². The van der Waals surface area contributed by atoms with Crippen LogP contribution in [0.25, 0.3) is 0 Å². The lowest BCUT2D eigenvalue weighted by Gasteiger charge is -2.34. The Morgan fingerprint density at radius 1 is 1.32 bits per heavy atom. The second-order valence-electron chi connectivity index (χ2n) is 5.39. The molecular formula is C16H23NO2. The minimum Gasteiger partial charge on any atom is -0.393 e. The van der Waals surface area contributed by atoms with Gasteiger partial charge in [0, 0.05) is 30.8 Å². The summed E-state index contributed by atoms with van der Waals surface area (Å²) in [5.74, 6) is 0.622. The highest BCUT2D eigenvalue weighted by Crippen LogP contribution is 2.25. The maximum absolute atomic E-state index is 11.6. The van der Waals surface area contributed by atoms with Crippen LogP contribution in [-0.4, -0.2) is 30.1 Å². The van der Waals surface area contributed by atoms with Crippen LogP contribution in [0, 0.1) is 5.92 Å². The predicted octanol–water partition coefficient (Wildman–Crippen LogP) is 2.88. The minimum absolute atomic E-state index is 0.194. The van der Waals surface area contributed by atoms with Gasteiger partial charge in [-0.15, -0.1) is 0 Å². The summed E-state index contributed by atoms with van der Waals surface area (Å²) in [5, 5.41) is 9.60. The van der Waals surface area contributed by atoms with Crippen LogP contribution in [0.15, 0.2) is 24.3 Å². The Morgan fingerprint density at radius 2 is 1.89 bits per heavy atom. The first kappa shape index (κ1) is 14.1. The van der Waals surface area contributed by atoms with Gasteiger partial charge in [-0.2, -0.15) is 0 Å². The first-order valence-electron chi connectivity index (χ1n) is 7.18. The van der Waals surface area contributed by atoms with Crippen molar-refractivity contribution >= 4 is 11.5 Å². The van der Waals surface area contributed by atoms with Gasteiger partial charge in [0.25, 0.3) is 0 Å². The second kappa shape index (κ2) is 6.20. The van der Waals surface area contributed by atoms with Crippen LogP contribution < -0.4 is 4.90 Å². The molecule has 1 N–H and O–H groups in total. The summed E-state index contributed by atoms with van der Waals surface area (Å²) in [6, 6.07) is 7.90. The number of anilines is 1. The molecule has 3 heteroatoms. The Morgan fingerprint density at radius 3 is 2.37 bits per heavy atom. The van der Waals surface area contributed by atoms with E-state index in [9.17, 15) is 9.90 Å². The summed E-state index contributed by atoms with van der Waals surface area (Å²) < 4.78 is 0. The Balaban J connectivity index is 1.98. The number of aliphatic hydroxyl groups excluding tert-OH is 1. The Hall–Kier alpha value is -1.35. The molecule has 0 radical (unpaired) electrons. The highest BCUT2D eigenvalue weighted by atomic mass is 16.3. The quantitative estimate of drug-likeness (QED) is 0.847. The molecule has 0 aliphatic carbocycles. The molecule has 1 aliphatic rings. The summed E-state index contributed by atoms with van der Waals surface area (Å²) >= 11 is 0. The fourth-order valence-electron chi connectivity index (χ4n) is 2.70. The second-order valence-corrected chi connectivity index (χ2v) is 5.39. The lowest BCUT2D eigenvalue weighted by atomic mass is 9.92. The average Bonchev–Trinajstić information content (AvgIpc) is 2.46. The Kier molecular flexibility index (Phi) is 4.59. The Bertz CT molecular complexity index is 417. The smallest absolute Gasteiger partial charge is 0.162 e. The van der Waals surface area contributed by atoms with Gasteiger partial charge in [-0.1, -0.05) is 6.92 Å². The summed E-state index contributed by atoms with van der Waals surface area (Å²) in [6.45, 7) is 5.73. The van der Waals surface area contributed by atoms with E-state index in [1.165, 1.54) is 5.69 Å². The molecule has 104 valence electrons. The van der Waals surface area contributed by atoms with E-state index in [-0.39, 0.29) is 11.9 Å². The van der Waals surface area contributed by atoms with Gasteiger partial charge >= 0.3 is 0 Å². The van der Waals surface area contributed by atoms with Gasteiger partial charge in [-0.25, -0.2) is 0 Å². The van der Waals surface area contributed by atoms with Gasteiger partial charge < -0.3 is 10.0 Å². The molecule has 2 rings (SSSR count). The zero-order valence-electron chi connectivity index (χ0n) is 11.8. The average molecular weight is 261 g/mol. The monoisotopic (exact) mass is 261 g/mol. The van der Waals surface area contributed by atoms with Crippen molar-refractivity contribution in [2.45, 2.75) is 39.2 Å². The van der Waals surface area contributed by atoms with Crippen LogP contribution in [-0.2, 0) is 0 Å². The molecule has 19 heavy (non-hydrogen) atoms. The minimum atomic E-state index is -0.202. The molecule has 1 atom stereocenters. The molecule has 0 bridgehead atoms. The maximum Gasteiger partial charge on any atom is 0.162 e. The maximum atomic E-state index is 11.6. The summed E-state index contributed by atoms with van der Waals surface area (Å²) in [6.07, 6.45) is 2.42. The molecule has 3 nitrogen and oxygen atoms in total. The van der Waals surface area contributed by atoms with E-state index in [0.29, 0.717) is 12.3 Å². The van der Waals surface area contributed by atoms with Crippen molar-refractivity contribution in [1.82, 2.24) is 0 Å². The predicted molar refractivity (Wildman–Crippen MR) is 77.7 cm³/mol. The molecule has 1 heterocycles. The number of carbonyl (C=O) groups is 1. The third kappa shape index (κ3) is 3.35. The number of Topliss-reactive ketones (excluding diaryl/α,β-unsaturated/α-hetero) is 1. The zero-order chi connectivity index (χ0) is 13.8. The molecule has 1 saturated heterocycles. The molecule has 1 unspecified atom stereocenters. The van der Waals surface area contributed by atoms with Crippen LogP contribution in [0.3, 0.4) is 0 Å². The molecular weight excluding hydrogens is 238 g/mol. The number of ketones is 1. The van der Waals surface area contributed by atoms with E-state index in [0.717, 1.165) is 31.5 Å². The van der Waals surface area contributed by atoms with E-state index in [2.05, 4.69) is 4.90 Å². The number of carbonyl (C=O) groups excluding carboxylic acids is 1. The topological polar surface area (TPSA) is 40.5 Å². The van der Waals surface area contributed by atoms with Gasteiger partial charge in [0.1, 0.15) is 0 Å². The molecule has 0 aromatic heterocycles. The third-order valence-electron chi connectivity index (χ3n) is 4.10. The molecule has 0 amide bonds. The number of hydrogen-bond acceptors (Lipinski definition) is 3. The van der Waals surface area contributed by atoms with Crippen molar-refractivity contribution in [1.29, 1.82) is 0 Å². The van der Waals surface area contributed by atoms with Crippen molar-refractivity contribution < 1.29 is 9.90 Å². The summed E-state index contributed by atoms with van der Waals surface area (Å²) in [7, 11) is 0. The number of hydrogen-bond donors (Lipinski definition) is 1. The molecule has 0 saturated carbocycles. The number of benzene rings is 1. The standard InChI is InChI=1S/C16H23NO2/c1-3-16(19)14-4-6-15(7-5-14)17-10-8-13(9-11-17)12(2)18/h4-7,12-13,18H,3,8-11H2,1-2H3. The van der Waals surface area contributed by atoms with Gasteiger partial charge in [0.15, 0.2) is 5.78 Å². The molecule has 1 aromatic rings. The number of rotatable bonds is 4. The summed E-state index contributed by atoms with van der Waals surface area (Å²) in [4.78, 5) is 13.9. The molecule has 1 aromatic carbocycles. The van der Waals surface area contributed by atoms with Gasteiger partial charge in [-0.05, 0) is 49.9 Å². The molecule has 0 spiro atoms. The Labute approximate surface area is 115 Å². The van der Waals surface area contributed by atoms with E-state index >= 15 is 0 Å². The van der Waals surface area contributed by atoms with Crippen molar-refractivity contribution in [3.63, 3.8) is 0 Å². The first-order chi connectivity index (χ1) is 9.11. The van der Waals surface area contributed by atoms with E-state index in [1.807, 2.05) is 38.1 Å². The van der Waals surface area contributed by atoms with Crippen LogP contribution in [0.4, 0.5) is 5.69 Å². The lowest BCUT2D eigenvalue weighted by molar-refractivity contribution is 0.0988. The number of aliphatic hydroxyl groups is 1. The lowest BCUT2D eigenvalue weighted by Crippen LogP contribution is -2.37. The molecule has 1 fully saturated rings. The van der Waals surface area contributed by atoms with Gasteiger partial charge in [0.05, 0.1) is 6.10 Å². The van der Waals surface area contributed by atoms with Gasteiger partial charge in [-0.3, -0.25) is 4.79 Å². The fraction of sp³-hybridized carbons (Fsp3) is 0.562. The highest BCUT2D eigenvalue weighted by molar-refractivity contribution is 5.96. The largest absolute Gasteiger partial charge is 0.393 e. The third-order valence-corrected chi connectivity index (χ3v) is 4.10. The van der Waals surface area contributed by atoms with Gasteiger partial charge in [0.2, 0.25) is 0 Å². The highest BCUT2D eigenvalue weighted by Gasteiger charge is 2.22. The fourth-order valence-corrected chi connectivity index (χ4v) is 2.70. The first-order valence-corrected chi connectivity index (χ1v) is 7.18. The van der Waals surface area contributed by atoms with Crippen molar-refractivity contribution in [2.24, 2.45) is 5.92 Å². The van der Waals surface area contributed by atoms with Crippen LogP contribution in [0.1, 0.15) is 43.5 Å². The van der Waals surface area contributed by atoms with E-state index < -0.39 is 0 Å². The normalized spacial score (nSPS) is 18.4. The van der Waals surface area contributed by atoms with E-state index in [4.69, 9.17) is 0 Å². The molecule has 1 aliphatic heterocycles. The van der Waals surface area contributed by atoms with Crippen LogP contribution in [0.2, 0.25) is 0 Å². The van der Waals surface area contributed by atoms with Crippen LogP contribution in [0.5, 0.6) is 0 Å². The SMILES string of the molecule is CCC(=O)c1ccc(N2CCC(C(C)O)CC2)cc1. The summed E-state index contributed by atoms with van der Waals surface area (Å²) in [5.41, 5.74) is 1.97. The zero-order valence-corrected chi connectivity index (χ0v) is 11.8. The number of nitrogens with zero attached hydrogens (tertiary/aromatic N) is 1. The van der Waals surface area contributed by atoms with Crippen molar-refractivity contribution in [3.05, 3.63) is 29.8 Å². The number of piperidine rings is 1. The van der Waals surface area contributed by atoms with Crippen LogP contribution >= 0.6 is 0 Å². The van der Waals surface area contributed by atoms with Crippen molar-refractivity contribution in [2.75, 3.05) is 18.0 Å².